The van der Waals surface area contributed by atoms with Crippen LogP contribution in [0.15, 0.2) is 12.4 Å². The molecule has 2 aromatic rings. The van der Waals surface area contributed by atoms with Gasteiger partial charge in [0.2, 0.25) is 0 Å². The van der Waals surface area contributed by atoms with Crippen LogP contribution in [0, 0.1) is 0 Å². The molecule has 3 rings (SSSR count). The fraction of sp³-hybridized carbons (Fsp3) is 0.455. The van der Waals surface area contributed by atoms with Crippen LogP contribution in [0.5, 0.6) is 0 Å². The van der Waals surface area contributed by atoms with Gasteiger partial charge in [-0.1, -0.05) is 23.2 Å². The molecule has 1 atom stereocenters. The van der Waals surface area contributed by atoms with Crippen LogP contribution in [0.3, 0.4) is 0 Å². The zero-order valence-corrected chi connectivity index (χ0v) is 10.6. The van der Waals surface area contributed by atoms with Crippen LogP contribution >= 0.6 is 23.2 Å². The van der Waals surface area contributed by atoms with Crippen LogP contribution in [0.1, 0.15) is 25.5 Å². The predicted octanol–water partition coefficient (Wildman–Crippen LogP) is 3.44. The van der Waals surface area contributed by atoms with E-state index in [2.05, 4.69) is 9.97 Å². The molecule has 0 saturated carbocycles. The molecule has 2 aromatic heterocycles. The van der Waals surface area contributed by atoms with Gasteiger partial charge in [-0.3, -0.25) is 0 Å². The fourth-order valence-electron chi connectivity index (χ4n) is 2.14. The van der Waals surface area contributed by atoms with Crippen molar-refractivity contribution in [1.29, 1.82) is 0 Å². The number of imidazole rings is 1. The van der Waals surface area contributed by atoms with Gasteiger partial charge in [0.25, 0.3) is 0 Å². The third kappa shape index (κ3) is 2.01. The molecule has 6 heteroatoms. The summed E-state index contributed by atoms with van der Waals surface area (Å²) in [6.07, 6.45) is 5.04. The summed E-state index contributed by atoms with van der Waals surface area (Å²) >= 11 is 11.9. The van der Waals surface area contributed by atoms with E-state index in [-0.39, 0.29) is 6.23 Å². The number of fused-ring (bicyclic) bond motifs is 1. The van der Waals surface area contributed by atoms with Crippen molar-refractivity contribution in [3.8, 4) is 0 Å². The van der Waals surface area contributed by atoms with Gasteiger partial charge in [0.15, 0.2) is 5.15 Å². The van der Waals surface area contributed by atoms with E-state index in [0.717, 1.165) is 31.4 Å². The summed E-state index contributed by atoms with van der Waals surface area (Å²) in [6.45, 7) is 0.789. The van der Waals surface area contributed by atoms with Crippen LogP contribution in [-0.2, 0) is 4.74 Å². The second-order valence-electron chi connectivity index (χ2n) is 4.08. The normalized spacial score (nSPS) is 20.9. The first kappa shape index (κ1) is 11.3. The van der Waals surface area contributed by atoms with Crippen molar-refractivity contribution >= 4 is 34.2 Å². The molecule has 0 N–H and O–H groups in total. The van der Waals surface area contributed by atoms with Gasteiger partial charge >= 0.3 is 0 Å². The van der Waals surface area contributed by atoms with Crippen molar-refractivity contribution in [2.45, 2.75) is 25.5 Å². The van der Waals surface area contributed by atoms with Crippen molar-refractivity contribution in [3.63, 3.8) is 0 Å². The number of halogens is 2. The van der Waals surface area contributed by atoms with E-state index in [9.17, 15) is 0 Å². The molecule has 1 unspecified atom stereocenters. The lowest BCUT2D eigenvalue weighted by Crippen LogP contribution is -2.17. The predicted molar refractivity (Wildman–Crippen MR) is 66.4 cm³/mol. The third-order valence-electron chi connectivity index (χ3n) is 2.95. The molecule has 4 nitrogen and oxygen atoms in total. The molecule has 90 valence electrons. The summed E-state index contributed by atoms with van der Waals surface area (Å²) < 4.78 is 7.71. The van der Waals surface area contributed by atoms with E-state index >= 15 is 0 Å². The Bertz CT molecular complexity index is 549. The number of pyridine rings is 1. The Kier molecular flexibility index (Phi) is 2.94. The van der Waals surface area contributed by atoms with Crippen LogP contribution in [0.2, 0.25) is 10.3 Å². The summed E-state index contributed by atoms with van der Waals surface area (Å²) in [5, 5.41) is 0.710. The number of aromatic nitrogens is 3. The topological polar surface area (TPSA) is 39.9 Å². The quantitative estimate of drug-likeness (QED) is 0.746. The molecule has 1 saturated heterocycles. The van der Waals surface area contributed by atoms with Gasteiger partial charge in [0, 0.05) is 12.7 Å². The Labute approximate surface area is 109 Å². The number of rotatable bonds is 1. The molecule has 0 spiro atoms. The number of hydrogen-bond acceptors (Lipinski definition) is 3. The number of nitrogens with zero attached hydrogens (tertiary/aromatic N) is 3. The van der Waals surface area contributed by atoms with Gasteiger partial charge in [0.1, 0.15) is 16.9 Å². The lowest BCUT2D eigenvalue weighted by Gasteiger charge is -2.24. The van der Waals surface area contributed by atoms with Gasteiger partial charge < -0.3 is 9.30 Å². The number of hydrogen-bond donors (Lipinski definition) is 0. The molecular formula is C11H11Cl2N3O. The van der Waals surface area contributed by atoms with E-state index in [1.165, 1.54) is 0 Å². The maximum Gasteiger partial charge on any atom is 0.158 e. The first-order valence-corrected chi connectivity index (χ1v) is 6.31. The van der Waals surface area contributed by atoms with Gasteiger partial charge in [-0.05, 0) is 19.3 Å². The minimum Gasteiger partial charge on any atom is -0.358 e. The lowest BCUT2D eigenvalue weighted by atomic mass is 10.2. The molecule has 0 amide bonds. The molecule has 1 fully saturated rings. The summed E-state index contributed by atoms with van der Waals surface area (Å²) in [5.74, 6) is 0. The zero-order valence-electron chi connectivity index (χ0n) is 9.07. The van der Waals surface area contributed by atoms with E-state index in [1.807, 2.05) is 4.57 Å². The number of ether oxygens (including phenoxy) is 1. The average Bonchev–Trinajstić information content (AvgIpc) is 2.74. The average molecular weight is 272 g/mol. The minimum absolute atomic E-state index is 0.0308. The molecule has 0 bridgehead atoms. The largest absolute Gasteiger partial charge is 0.358 e. The Morgan fingerprint density at radius 3 is 3.00 bits per heavy atom. The highest BCUT2D eigenvalue weighted by Crippen LogP contribution is 2.29. The maximum atomic E-state index is 6.00. The van der Waals surface area contributed by atoms with Crippen molar-refractivity contribution < 1.29 is 4.74 Å². The van der Waals surface area contributed by atoms with E-state index < -0.39 is 0 Å². The van der Waals surface area contributed by atoms with Crippen LogP contribution in [0.4, 0.5) is 0 Å². The second kappa shape index (κ2) is 4.44. The smallest absolute Gasteiger partial charge is 0.158 e. The van der Waals surface area contributed by atoms with Crippen molar-refractivity contribution in [1.82, 2.24) is 14.5 Å². The molecular weight excluding hydrogens is 261 g/mol. The first-order chi connectivity index (χ1) is 8.25. The summed E-state index contributed by atoms with van der Waals surface area (Å²) in [6, 6.07) is 1.77. The van der Waals surface area contributed by atoms with E-state index in [4.69, 9.17) is 27.9 Å². The molecule has 1 aliphatic rings. The summed E-state index contributed by atoms with van der Waals surface area (Å²) in [7, 11) is 0. The van der Waals surface area contributed by atoms with Crippen LogP contribution in [0.25, 0.3) is 11.0 Å². The lowest BCUT2D eigenvalue weighted by molar-refractivity contribution is -0.0295. The minimum atomic E-state index is 0.0308. The van der Waals surface area contributed by atoms with Crippen molar-refractivity contribution in [3.05, 3.63) is 22.7 Å². The second-order valence-corrected chi connectivity index (χ2v) is 4.82. The highest BCUT2D eigenvalue weighted by Gasteiger charge is 2.19. The van der Waals surface area contributed by atoms with E-state index in [1.54, 1.807) is 12.4 Å². The molecule has 0 radical (unpaired) electrons. The van der Waals surface area contributed by atoms with Gasteiger partial charge in [0.05, 0.1) is 11.8 Å². The van der Waals surface area contributed by atoms with Crippen molar-refractivity contribution in [2.24, 2.45) is 0 Å². The Hall–Kier alpha value is -0.840. The van der Waals surface area contributed by atoms with Gasteiger partial charge in [-0.15, -0.1) is 0 Å². The van der Waals surface area contributed by atoms with Gasteiger partial charge in [-0.25, -0.2) is 9.97 Å². The standard InChI is InChI=1S/C11H11Cl2N3O/c12-8-5-7-10(11(13)15-8)14-6-16(7)9-3-1-2-4-17-9/h5-6,9H,1-4H2. The van der Waals surface area contributed by atoms with Gasteiger partial charge in [-0.2, -0.15) is 0 Å². The maximum absolute atomic E-state index is 6.00. The first-order valence-electron chi connectivity index (χ1n) is 5.56. The van der Waals surface area contributed by atoms with Crippen LogP contribution < -0.4 is 0 Å². The third-order valence-corrected chi connectivity index (χ3v) is 3.41. The zero-order chi connectivity index (χ0) is 11.8. The van der Waals surface area contributed by atoms with Crippen molar-refractivity contribution in [2.75, 3.05) is 6.61 Å². The van der Waals surface area contributed by atoms with Crippen LogP contribution in [-0.4, -0.2) is 21.1 Å². The molecule has 0 aromatic carbocycles. The molecule has 17 heavy (non-hydrogen) atoms. The summed E-state index contributed by atoms with van der Waals surface area (Å²) in [4.78, 5) is 8.24. The Morgan fingerprint density at radius 1 is 1.35 bits per heavy atom. The summed E-state index contributed by atoms with van der Waals surface area (Å²) in [5.41, 5.74) is 1.55. The Morgan fingerprint density at radius 2 is 2.24 bits per heavy atom. The highest BCUT2D eigenvalue weighted by atomic mass is 35.5. The highest BCUT2D eigenvalue weighted by molar-refractivity contribution is 6.36. The SMILES string of the molecule is Clc1cc2c(ncn2C2CCCCO2)c(Cl)n1. The fourth-order valence-corrected chi connectivity index (χ4v) is 2.60. The molecule has 1 aliphatic heterocycles. The molecule has 3 heterocycles. The monoisotopic (exact) mass is 271 g/mol. The Balaban J connectivity index is 2.10. The molecule has 0 aliphatic carbocycles. The van der Waals surface area contributed by atoms with E-state index in [0.29, 0.717) is 15.8 Å².